The van der Waals surface area contributed by atoms with E-state index < -0.39 is 0 Å². The summed E-state index contributed by atoms with van der Waals surface area (Å²) >= 11 is 0. The molecule has 0 saturated carbocycles. The Hall–Kier alpha value is -2.09. The van der Waals surface area contributed by atoms with Gasteiger partial charge in [-0.15, -0.1) is 0 Å². The van der Waals surface area contributed by atoms with Crippen LogP contribution in [-0.2, 0) is 0 Å². The molecule has 2 heteroatoms. The fourth-order valence-corrected chi connectivity index (χ4v) is 1.81. The largest absolute Gasteiger partial charge is 0.345 e. The molecular formula is C13H10N2. The van der Waals surface area contributed by atoms with Crippen molar-refractivity contribution in [2.45, 2.75) is 0 Å². The highest BCUT2D eigenvalue weighted by atomic mass is 14.9. The Morgan fingerprint density at radius 3 is 2.73 bits per heavy atom. The number of aromatic amines is 1. The number of hydrogen-bond donors (Lipinski definition) is 1. The summed E-state index contributed by atoms with van der Waals surface area (Å²) in [5.41, 5.74) is 4.49. The van der Waals surface area contributed by atoms with Gasteiger partial charge in [-0.1, -0.05) is 42.5 Å². The second kappa shape index (κ2) is 3.24. The molecule has 0 spiro atoms. The van der Waals surface area contributed by atoms with Gasteiger partial charge in [-0.25, -0.2) is 4.98 Å². The highest BCUT2D eigenvalue weighted by Crippen LogP contribution is 2.23. The molecule has 0 saturated heterocycles. The van der Waals surface area contributed by atoms with Gasteiger partial charge in [-0.2, -0.15) is 0 Å². The lowest BCUT2D eigenvalue weighted by Gasteiger charge is -2.03. The van der Waals surface area contributed by atoms with Crippen molar-refractivity contribution in [3.05, 3.63) is 53.9 Å². The van der Waals surface area contributed by atoms with Crippen LogP contribution in [0.5, 0.6) is 0 Å². The number of aromatic nitrogens is 2. The first-order valence-electron chi connectivity index (χ1n) is 4.93. The van der Waals surface area contributed by atoms with Crippen molar-refractivity contribution in [2.24, 2.45) is 0 Å². The molecule has 0 atom stereocenters. The van der Waals surface area contributed by atoms with Gasteiger partial charge < -0.3 is 4.98 Å². The minimum Gasteiger partial charge on any atom is -0.345 e. The number of hydrogen-bond acceptors (Lipinski definition) is 1. The molecule has 1 aliphatic carbocycles. The Balaban J connectivity index is 2.37. The van der Waals surface area contributed by atoms with E-state index in [0.29, 0.717) is 0 Å². The Bertz CT molecular complexity index is 586. The zero-order chi connectivity index (χ0) is 10.1. The Morgan fingerprint density at radius 1 is 0.933 bits per heavy atom. The lowest BCUT2D eigenvalue weighted by molar-refractivity contribution is 1.34. The molecule has 0 aliphatic heterocycles. The predicted octanol–water partition coefficient (Wildman–Crippen LogP) is 3.16. The molecule has 1 heterocycles. The highest BCUT2D eigenvalue weighted by molar-refractivity contribution is 5.89. The van der Waals surface area contributed by atoms with Crippen molar-refractivity contribution >= 4 is 23.2 Å². The Labute approximate surface area is 87.7 Å². The van der Waals surface area contributed by atoms with Gasteiger partial charge in [-0.05, 0) is 11.6 Å². The Morgan fingerprint density at radius 2 is 1.80 bits per heavy atom. The third kappa shape index (κ3) is 1.31. The molecule has 1 aromatic heterocycles. The molecule has 72 valence electrons. The number of benzene rings is 1. The summed E-state index contributed by atoms with van der Waals surface area (Å²) in [7, 11) is 0. The molecule has 0 unspecified atom stereocenters. The predicted molar refractivity (Wildman–Crippen MR) is 63.3 cm³/mol. The molecular weight excluding hydrogens is 184 g/mol. The van der Waals surface area contributed by atoms with Crippen molar-refractivity contribution in [3.8, 4) is 0 Å². The topological polar surface area (TPSA) is 28.7 Å². The van der Waals surface area contributed by atoms with E-state index >= 15 is 0 Å². The van der Waals surface area contributed by atoms with Gasteiger partial charge in [0.05, 0.1) is 17.4 Å². The second-order valence-electron chi connectivity index (χ2n) is 3.47. The molecule has 1 aromatic carbocycles. The van der Waals surface area contributed by atoms with E-state index in [2.05, 4.69) is 34.3 Å². The van der Waals surface area contributed by atoms with E-state index in [9.17, 15) is 0 Å². The van der Waals surface area contributed by atoms with Gasteiger partial charge >= 0.3 is 0 Å². The van der Waals surface area contributed by atoms with E-state index in [0.717, 1.165) is 11.0 Å². The van der Waals surface area contributed by atoms with Crippen LogP contribution in [0.15, 0.2) is 42.8 Å². The first-order chi connectivity index (χ1) is 7.45. The number of nitrogens with one attached hydrogen (secondary N) is 1. The summed E-state index contributed by atoms with van der Waals surface area (Å²) in [5, 5.41) is 0. The maximum atomic E-state index is 4.34. The number of H-pyrrole nitrogens is 1. The van der Waals surface area contributed by atoms with Gasteiger partial charge in [-0.3, -0.25) is 0 Å². The van der Waals surface area contributed by atoms with Crippen LogP contribution in [0.25, 0.3) is 23.2 Å². The summed E-state index contributed by atoms with van der Waals surface area (Å²) < 4.78 is 0. The molecule has 15 heavy (non-hydrogen) atoms. The average Bonchev–Trinajstić information content (AvgIpc) is 2.65. The zero-order valence-electron chi connectivity index (χ0n) is 8.14. The van der Waals surface area contributed by atoms with Crippen LogP contribution in [0.1, 0.15) is 11.1 Å². The Kier molecular flexibility index (Phi) is 1.78. The van der Waals surface area contributed by atoms with E-state index in [1.165, 1.54) is 11.1 Å². The zero-order valence-corrected chi connectivity index (χ0v) is 8.14. The van der Waals surface area contributed by atoms with Crippen molar-refractivity contribution in [3.63, 3.8) is 0 Å². The highest BCUT2D eigenvalue weighted by Gasteiger charge is 2.05. The van der Waals surface area contributed by atoms with Gasteiger partial charge in [0, 0.05) is 5.56 Å². The van der Waals surface area contributed by atoms with E-state index in [1.54, 1.807) is 6.33 Å². The van der Waals surface area contributed by atoms with Crippen molar-refractivity contribution < 1.29 is 0 Å². The summed E-state index contributed by atoms with van der Waals surface area (Å²) in [5.74, 6) is 0. The SMILES string of the molecule is C1=CC=Cc2c(ccc3[nH]cnc23)C=C1. The van der Waals surface area contributed by atoms with Crippen LogP contribution in [-0.4, -0.2) is 9.97 Å². The molecule has 2 aromatic rings. The van der Waals surface area contributed by atoms with Crippen LogP contribution < -0.4 is 0 Å². The van der Waals surface area contributed by atoms with E-state index in [-0.39, 0.29) is 0 Å². The monoisotopic (exact) mass is 194 g/mol. The van der Waals surface area contributed by atoms with Crippen LogP contribution in [0, 0.1) is 0 Å². The fraction of sp³-hybridized carbons (Fsp3) is 0. The molecule has 0 amide bonds. The van der Waals surface area contributed by atoms with Crippen molar-refractivity contribution in [1.29, 1.82) is 0 Å². The smallest absolute Gasteiger partial charge is 0.0960 e. The van der Waals surface area contributed by atoms with Gasteiger partial charge in [0.1, 0.15) is 0 Å². The maximum Gasteiger partial charge on any atom is 0.0960 e. The number of fused-ring (bicyclic) bond motifs is 3. The number of nitrogens with zero attached hydrogens (tertiary/aromatic N) is 1. The second-order valence-corrected chi connectivity index (χ2v) is 3.47. The van der Waals surface area contributed by atoms with Gasteiger partial charge in [0.25, 0.3) is 0 Å². The normalized spacial score (nSPS) is 13.9. The van der Waals surface area contributed by atoms with E-state index in [1.807, 2.05) is 24.3 Å². The standard InChI is InChI=1S/C13H10N2/c1-2-4-6-11-10(5-3-1)7-8-12-13(11)15-9-14-12/h1-9H,(H,14,15). The van der Waals surface area contributed by atoms with Crippen LogP contribution >= 0.6 is 0 Å². The first kappa shape index (κ1) is 8.24. The summed E-state index contributed by atoms with van der Waals surface area (Å²) in [6, 6.07) is 4.17. The van der Waals surface area contributed by atoms with Gasteiger partial charge in [0.15, 0.2) is 0 Å². The lowest BCUT2D eigenvalue weighted by atomic mass is 10.0. The van der Waals surface area contributed by atoms with Crippen molar-refractivity contribution in [2.75, 3.05) is 0 Å². The van der Waals surface area contributed by atoms with E-state index in [4.69, 9.17) is 0 Å². The lowest BCUT2D eigenvalue weighted by Crippen LogP contribution is -1.84. The average molecular weight is 194 g/mol. The van der Waals surface area contributed by atoms with Crippen molar-refractivity contribution in [1.82, 2.24) is 9.97 Å². The number of imidazole rings is 1. The third-order valence-electron chi connectivity index (χ3n) is 2.54. The van der Waals surface area contributed by atoms with Crippen LogP contribution in [0.2, 0.25) is 0 Å². The number of allylic oxidation sites excluding steroid dienone is 4. The quantitative estimate of drug-likeness (QED) is 0.685. The maximum absolute atomic E-state index is 4.34. The minimum absolute atomic E-state index is 1.03. The molecule has 0 fully saturated rings. The molecule has 1 N–H and O–H groups in total. The summed E-state index contributed by atoms with van der Waals surface area (Å²) in [4.78, 5) is 7.46. The number of rotatable bonds is 0. The van der Waals surface area contributed by atoms with Gasteiger partial charge in [0.2, 0.25) is 0 Å². The first-order valence-corrected chi connectivity index (χ1v) is 4.93. The minimum atomic E-state index is 1.03. The molecule has 3 rings (SSSR count). The molecule has 0 bridgehead atoms. The van der Waals surface area contributed by atoms with Crippen LogP contribution in [0.4, 0.5) is 0 Å². The summed E-state index contributed by atoms with van der Waals surface area (Å²) in [6.45, 7) is 0. The molecule has 1 aliphatic rings. The molecule has 0 radical (unpaired) electrons. The van der Waals surface area contributed by atoms with Crippen LogP contribution in [0.3, 0.4) is 0 Å². The summed E-state index contributed by atoms with van der Waals surface area (Å²) in [6.07, 6.45) is 14.1. The molecule has 2 nitrogen and oxygen atoms in total. The fourth-order valence-electron chi connectivity index (χ4n) is 1.81. The third-order valence-corrected chi connectivity index (χ3v) is 2.54.